The molecule has 668 valence electrons. The van der Waals surface area contributed by atoms with Gasteiger partial charge in [-0.15, -0.1) is 0 Å². The minimum Gasteiger partial charge on any atom is -0.377 e. The molecule has 125 heavy (non-hydrogen) atoms. The maximum absolute atomic E-state index is 14.6. The Bertz CT molecular complexity index is 4760. The minimum absolute atomic E-state index is 0.00646. The van der Waals surface area contributed by atoms with Crippen molar-refractivity contribution in [3.8, 4) is 11.1 Å². The van der Waals surface area contributed by atoms with Gasteiger partial charge in [-0.1, -0.05) is 271 Å². The molecule has 9 rings (SSSR count). The van der Waals surface area contributed by atoms with Crippen molar-refractivity contribution in [2.75, 3.05) is 13.1 Å². The topological polar surface area (TPSA) is 396 Å². The molecule has 8 aromatic carbocycles. The summed E-state index contributed by atoms with van der Waals surface area (Å²) in [5, 5.41) is 82.2. The smallest absolute Gasteiger partial charge is 0.243 e. The summed E-state index contributed by atoms with van der Waals surface area (Å²) in [6, 6.07) is 57.9. The minimum atomic E-state index is -1.67. The predicted octanol–water partition coefficient (Wildman–Crippen LogP) is 7.67. The van der Waals surface area contributed by atoms with Gasteiger partial charge >= 0.3 is 0 Å². The molecule has 0 spiro atoms. The Hall–Kier alpha value is -11.0. The van der Waals surface area contributed by atoms with Gasteiger partial charge in [-0.25, -0.2) is 0 Å². The van der Waals surface area contributed by atoms with E-state index >= 15 is 0 Å². The molecule has 14 atom stereocenters. The van der Waals surface area contributed by atoms with Gasteiger partial charge in [0.25, 0.3) is 0 Å². The van der Waals surface area contributed by atoms with Crippen molar-refractivity contribution in [2.45, 2.75) is 244 Å². The molecule has 26 heteroatoms. The number of aryl methyl sites for hydroxylation is 3. The van der Waals surface area contributed by atoms with Crippen LogP contribution in [0.3, 0.4) is 0 Å². The third kappa shape index (κ3) is 29.0. The van der Waals surface area contributed by atoms with E-state index in [1.165, 1.54) is 18.7 Å². The number of hydrogen-bond donors (Lipinski definition) is 16. The number of benzene rings is 8. The monoisotopic (exact) mass is 1710 g/mol. The number of Topliss-reactive ketones (excluding diaryl/α,β-unsaturated/α-hetero) is 2. The van der Waals surface area contributed by atoms with Crippen molar-refractivity contribution < 1.29 is 63.6 Å². The number of aliphatic hydroxyl groups excluding tert-OH is 4. The summed E-state index contributed by atoms with van der Waals surface area (Å²) < 4.78 is 0. The second-order valence-electron chi connectivity index (χ2n) is 34.0. The molecule has 1 aliphatic heterocycles. The Balaban J connectivity index is 0.865. The van der Waals surface area contributed by atoms with Crippen LogP contribution in [0.15, 0.2) is 212 Å². The largest absolute Gasteiger partial charge is 0.377 e. The molecule has 14 unspecified atom stereocenters. The number of amides is 7. The summed E-state index contributed by atoms with van der Waals surface area (Å²) in [5.41, 5.74) is 17.5. The van der Waals surface area contributed by atoms with Crippen LogP contribution in [0, 0.1) is 32.6 Å². The highest BCUT2D eigenvalue weighted by atomic mass is 16.3. The number of carbonyl (C=O) groups excluding carboxylic acids is 9. The molecule has 0 saturated carbocycles. The van der Waals surface area contributed by atoms with E-state index in [1.54, 1.807) is 27.7 Å². The van der Waals surface area contributed by atoms with Crippen molar-refractivity contribution in [3.63, 3.8) is 0 Å². The van der Waals surface area contributed by atoms with E-state index < -0.39 is 151 Å². The molecule has 0 bridgehead atoms. The van der Waals surface area contributed by atoms with E-state index in [0.29, 0.717) is 43.5 Å². The van der Waals surface area contributed by atoms with E-state index in [1.807, 2.05) is 191 Å². The van der Waals surface area contributed by atoms with Crippen molar-refractivity contribution in [2.24, 2.45) is 17.6 Å². The zero-order valence-electron chi connectivity index (χ0n) is 73.8. The van der Waals surface area contributed by atoms with Crippen LogP contribution in [0.5, 0.6) is 0 Å². The van der Waals surface area contributed by atoms with Crippen LogP contribution in [0.1, 0.15) is 162 Å². The number of nitrogens with one attached hydrogen (secondary N) is 11. The summed E-state index contributed by atoms with van der Waals surface area (Å²) in [5.74, 6) is -5.67. The predicted molar refractivity (Wildman–Crippen MR) is 485 cm³/mol. The van der Waals surface area contributed by atoms with Crippen LogP contribution >= 0.6 is 0 Å². The summed E-state index contributed by atoms with van der Waals surface area (Å²) in [4.78, 5) is 127. The van der Waals surface area contributed by atoms with E-state index in [4.69, 9.17) is 5.73 Å². The lowest BCUT2D eigenvalue weighted by Gasteiger charge is -2.37. The number of carbonyl (C=O) groups is 9. The maximum Gasteiger partial charge on any atom is 0.243 e. The standard InChI is InChI=1S/C99H129N13O13/c1-12-79(104-96(123)86-33-24-50-112(86)98(125)78(100)51-61(3)4)91(118)107-82(53-67(11)114)93(120)110-85(56-69-42-36-64(8)37-43-69)95(122)108-83(55-68-40-34-63(7)35-41-68)90(117)102-60-87(115)111-88(62(5)6)97(124)105-80(13-2)92(119)109-84(57-70-44-46-74(47-45-70)73-27-17-14-18-28-73)94(121)106-81(52-66(10)113)89(116)101-58-71-25-23-26-72(54-71)59-103-99(75-29-19-15-20-30-75,76-31-21-16-22-32-76)77-48-38-65(9)39-49-77/h14-23,25-32,34-49,54,61-62,78-86,88,90,92,94-95,102-103,106,108-109,117,119,121-122H,12-13,24,33,50-53,55-60,100H2,1-11H3,(H,101,116)(H,104,123)(H,105,124)(H,107,118)(H,110,120)(H,111,115). The zero-order chi connectivity index (χ0) is 90.4. The molecule has 8 aromatic rings. The molecule has 1 saturated heterocycles. The quantitative estimate of drug-likeness (QED) is 0.0128. The number of nitrogens with zero attached hydrogens (tertiary/aromatic N) is 1. The molecule has 0 aromatic heterocycles. The summed E-state index contributed by atoms with van der Waals surface area (Å²) >= 11 is 0. The Morgan fingerprint density at radius 2 is 0.920 bits per heavy atom. The zero-order valence-corrected chi connectivity index (χ0v) is 73.8. The average molecular weight is 1710 g/mol. The second-order valence-corrected chi connectivity index (χ2v) is 34.0. The van der Waals surface area contributed by atoms with Crippen LogP contribution in [0.4, 0.5) is 0 Å². The number of nitrogens with two attached hydrogens (primary N) is 1. The van der Waals surface area contributed by atoms with Crippen molar-refractivity contribution in [1.29, 1.82) is 0 Å². The van der Waals surface area contributed by atoms with E-state index in [9.17, 15) is 63.6 Å². The number of likely N-dealkylation sites (tertiary alicyclic amines) is 1. The van der Waals surface area contributed by atoms with Gasteiger partial charge in [0.15, 0.2) is 0 Å². The lowest BCUT2D eigenvalue weighted by atomic mass is 9.76. The normalized spacial score (nSPS) is 16.0. The molecular formula is C99H129N13O13. The SMILES string of the molecule is CCC(NC(=O)C1CCCN1C(=O)C(N)CC(C)C)C(=O)NC(CC(C)=O)C(=O)NC(Cc1ccc(C)cc1)C(O)NC(Cc1ccc(C)cc1)C(O)NCC(=O)NC(C(=O)NC(CC)C(O)NC(Cc1ccc(-c2ccccc2)cc1)C(O)NC(CC(C)=O)C(=O)NCc1cccc(CNC(c2ccccc2)(c2ccccc2)c2ccc(C)cc2)c1)C(C)C. The summed E-state index contributed by atoms with van der Waals surface area (Å²) in [6.07, 6.45) is -5.53. The second kappa shape index (κ2) is 47.9. The highest BCUT2D eigenvalue weighted by Gasteiger charge is 2.41. The van der Waals surface area contributed by atoms with Crippen molar-refractivity contribution >= 4 is 52.9 Å². The Labute approximate surface area is 735 Å². The molecule has 0 aliphatic carbocycles. The first-order valence-electron chi connectivity index (χ1n) is 43.6. The Morgan fingerprint density at radius 1 is 0.456 bits per heavy atom. The first-order chi connectivity index (χ1) is 59.8. The first-order valence-corrected chi connectivity index (χ1v) is 43.6. The van der Waals surface area contributed by atoms with Crippen LogP contribution < -0.4 is 64.2 Å². The van der Waals surface area contributed by atoms with Crippen molar-refractivity contribution in [3.05, 3.63) is 274 Å². The molecule has 1 heterocycles. The summed E-state index contributed by atoms with van der Waals surface area (Å²) in [6.45, 7) is 19.5. The van der Waals surface area contributed by atoms with E-state index in [-0.39, 0.29) is 62.7 Å². The van der Waals surface area contributed by atoms with E-state index in [0.717, 1.165) is 61.2 Å². The van der Waals surface area contributed by atoms with Crippen LogP contribution in [-0.2, 0) is 81.0 Å². The Morgan fingerprint density at radius 3 is 1.45 bits per heavy atom. The van der Waals surface area contributed by atoms with Gasteiger partial charge in [0.2, 0.25) is 41.4 Å². The van der Waals surface area contributed by atoms with Gasteiger partial charge in [-0.05, 0) is 153 Å². The highest BCUT2D eigenvalue weighted by Crippen LogP contribution is 2.38. The number of hydrogen-bond acceptors (Lipinski definition) is 19. The maximum atomic E-state index is 14.6. The molecule has 26 nitrogen and oxygen atoms in total. The molecule has 1 aliphatic rings. The highest BCUT2D eigenvalue weighted by molar-refractivity contribution is 5.97. The van der Waals surface area contributed by atoms with Gasteiger partial charge in [0, 0.05) is 32.5 Å². The lowest BCUT2D eigenvalue weighted by molar-refractivity contribution is -0.140. The number of rotatable bonds is 48. The van der Waals surface area contributed by atoms with Crippen molar-refractivity contribution in [1.82, 2.24) is 63.4 Å². The molecule has 7 amide bonds. The lowest BCUT2D eigenvalue weighted by Crippen LogP contribution is -2.62. The fourth-order valence-corrected chi connectivity index (χ4v) is 15.9. The van der Waals surface area contributed by atoms with Gasteiger partial charge in [0.1, 0.15) is 60.6 Å². The van der Waals surface area contributed by atoms with Gasteiger partial charge in [-0.3, -0.25) is 69.7 Å². The molecule has 1 fully saturated rings. The molecular weight excluding hydrogens is 1580 g/mol. The first kappa shape index (κ1) is 97.8. The van der Waals surface area contributed by atoms with Gasteiger partial charge in [-0.2, -0.15) is 0 Å². The molecule has 17 N–H and O–H groups in total. The van der Waals surface area contributed by atoms with E-state index in [2.05, 4.69) is 114 Å². The third-order valence-corrected chi connectivity index (χ3v) is 22.9. The molecule has 0 radical (unpaired) electrons. The number of ketones is 2. The van der Waals surface area contributed by atoms with Gasteiger partial charge < -0.3 is 63.0 Å². The summed E-state index contributed by atoms with van der Waals surface area (Å²) in [7, 11) is 0. The van der Waals surface area contributed by atoms with Gasteiger partial charge in [0.05, 0.1) is 48.3 Å². The fourth-order valence-electron chi connectivity index (χ4n) is 15.9. The van der Waals surface area contributed by atoms with Crippen LogP contribution in [0.25, 0.3) is 11.1 Å². The fraction of sp³-hybridized carbons (Fsp3) is 0.424. The average Bonchev–Trinajstić information content (AvgIpc) is 1.08. The third-order valence-electron chi connectivity index (χ3n) is 22.9. The number of aliphatic hydroxyl groups is 4. The van der Waals surface area contributed by atoms with Crippen LogP contribution in [0.2, 0.25) is 0 Å². The Kier molecular flexibility index (Phi) is 37.5. The van der Waals surface area contributed by atoms with Crippen LogP contribution in [-0.4, -0.2) is 177 Å².